The largest absolute Gasteiger partial charge is 0.399 e. The number of benzene rings is 1. The number of allylic oxidation sites excluding steroid dienone is 5. The highest BCUT2D eigenvalue weighted by atomic mass is 35.5. The first-order valence-corrected chi connectivity index (χ1v) is 7.63. The highest BCUT2D eigenvalue weighted by molar-refractivity contribution is 7.17. The van der Waals surface area contributed by atoms with Crippen molar-refractivity contribution in [2.75, 3.05) is 5.73 Å². The van der Waals surface area contributed by atoms with Crippen molar-refractivity contribution in [1.29, 1.82) is 5.41 Å². The second-order valence-corrected chi connectivity index (χ2v) is 6.39. The Labute approximate surface area is 132 Å². The molecule has 0 aliphatic heterocycles. The fraction of sp³-hybridized carbons (Fsp3) is 0. The first kappa shape index (κ1) is 13.9. The SMILES string of the molecule is N=C1C=CC(=C(c2ccc(N)cc2)c2ccc(Cl)s2)C=C1. The van der Waals surface area contributed by atoms with Crippen LogP contribution in [0, 0.1) is 5.41 Å². The molecule has 3 rings (SSSR count). The molecule has 1 aromatic heterocycles. The molecule has 2 nitrogen and oxygen atoms in total. The molecular formula is C17H13ClN2S. The second kappa shape index (κ2) is 5.72. The van der Waals surface area contributed by atoms with E-state index in [2.05, 4.69) is 0 Å². The van der Waals surface area contributed by atoms with Gasteiger partial charge >= 0.3 is 0 Å². The van der Waals surface area contributed by atoms with Gasteiger partial charge in [-0.25, -0.2) is 0 Å². The summed E-state index contributed by atoms with van der Waals surface area (Å²) in [5.41, 5.74) is 10.3. The Morgan fingerprint density at radius 1 is 0.952 bits per heavy atom. The second-order valence-electron chi connectivity index (χ2n) is 4.68. The minimum Gasteiger partial charge on any atom is -0.399 e. The lowest BCUT2D eigenvalue weighted by atomic mass is 9.95. The van der Waals surface area contributed by atoms with Crippen LogP contribution in [0.4, 0.5) is 5.69 Å². The fourth-order valence-corrected chi connectivity index (χ4v) is 3.32. The molecule has 1 aromatic carbocycles. The third kappa shape index (κ3) is 2.99. The van der Waals surface area contributed by atoms with Crippen molar-refractivity contribution in [2.45, 2.75) is 0 Å². The standard InChI is InChI=1S/C17H13ClN2S/c18-16-10-9-15(21-16)17(11-1-5-13(19)6-2-11)12-3-7-14(20)8-4-12/h1-10,19H,20H2. The predicted octanol–water partition coefficient (Wildman–Crippen LogP) is 4.93. The molecule has 0 fully saturated rings. The molecule has 3 N–H and O–H groups in total. The van der Waals surface area contributed by atoms with Crippen molar-refractivity contribution in [3.05, 3.63) is 81.1 Å². The van der Waals surface area contributed by atoms with E-state index in [0.29, 0.717) is 5.71 Å². The van der Waals surface area contributed by atoms with Gasteiger partial charge in [-0.3, -0.25) is 0 Å². The van der Waals surface area contributed by atoms with Gasteiger partial charge in [0.2, 0.25) is 0 Å². The molecule has 0 saturated heterocycles. The quantitative estimate of drug-likeness (QED) is 0.759. The first-order chi connectivity index (χ1) is 10.1. The van der Waals surface area contributed by atoms with Crippen LogP contribution in [0.1, 0.15) is 10.4 Å². The molecule has 0 unspecified atom stereocenters. The third-order valence-corrected chi connectivity index (χ3v) is 4.44. The van der Waals surface area contributed by atoms with Crippen LogP contribution < -0.4 is 5.73 Å². The minimum atomic E-state index is 0.500. The lowest BCUT2D eigenvalue weighted by molar-refractivity contribution is 1.50. The molecule has 0 spiro atoms. The summed E-state index contributed by atoms with van der Waals surface area (Å²) in [4.78, 5) is 1.10. The molecule has 104 valence electrons. The number of anilines is 1. The zero-order valence-electron chi connectivity index (χ0n) is 11.1. The number of hydrogen-bond acceptors (Lipinski definition) is 3. The van der Waals surface area contributed by atoms with Gasteiger partial charge in [0.05, 0.1) is 10.0 Å². The van der Waals surface area contributed by atoms with Crippen LogP contribution in [0.15, 0.2) is 66.3 Å². The average Bonchev–Trinajstić information content (AvgIpc) is 2.90. The van der Waals surface area contributed by atoms with Crippen LogP contribution in [0.5, 0.6) is 0 Å². The van der Waals surface area contributed by atoms with E-state index in [9.17, 15) is 0 Å². The molecule has 2 aromatic rings. The van der Waals surface area contributed by atoms with E-state index in [1.165, 1.54) is 0 Å². The van der Waals surface area contributed by atoms with E-state index < -0.39 is 0 Å². The van der Waals surface area contributed by atoms with Gasteiger partial charge in [0.25, 0.3) is 0 Å². The summed E-state index contributed by atoms with van der Waals surface area (Å²) < 4.78 is 0.759. The van der Waals surface area contributed by atoms with Crippen molar-refractivity contribution in [1.82, 2.24) is 0 Å². The predicted molar refractivity (Wildman–Crippen MR) is 92.2 cm³/mol. The van der Waals surface area contributed by atoms with Crippen LogP contribution in [0.25, 0.3) is 5.57 Å². The number of nitrogens with two attached hydrogens (primary N) is 1. The normalized spacial score (nSPS) is 13.8. The zero-order valence-corrected chi connectivity index (χ0v) is 12.7. The van der Waals surface area contributed by atoms with Crippen molar-refractivity contribution in [2.24, 2.45) is 0 Å². The van der Waals surface area contributed by atoms with Crippen LogP contribution in [-0.4, -0.2) is 5.71 Å². The van der Waals surface area contributed by atoms with E-state index in [1.54, 1.807) is 23.5 Å². The molecular weight excluding hydrogens is 300 g/mol. The van der Waals surface area contributed by atoms with Gasteiger partial charge in [-0.2, -0.15) is 0 Å². The summed E-state index contributed by atoms with van der Waals surface area (Å²) in [7, 11) is 0. The number of hydrogen-bond donors (Lipinski definition) is 2. The molecule has 1 aliphatic carbocycles. The van der Waals surface area contributed by atoms with Crippen LogP contribution in [-0.2, 0) is 0 Å². The Hall–Kier alpha value is -2.10. The van der Waals surface area contributed by atoms with Gasteiger partial charge in [0.1, 0.15) is 0 Å². The molecule has 21 heavy (non-hydrogen) atoms. The summed E-state index contributed by atoms with van der Waals surface area (Å²) >= 11 is 7.63. The van der Waals surface area contributed by atoms with E-state index in [0.717, 1.165) is 31.6 Å². The summed E-state index contributed by atoms with van der Waals surface area (Å²) in [5.74, 6) is 0. The lowest BCUT2D eigenvalue weighted by Crippen LogP contribution is -1.96. The molecule has 0 saturated carbocycles. The number of nitrogen functional groups attached to an aromatic ring is 1. The maximum Gasteiger partial charge on any atom is 0.0934 e. The van der Waals surface area contributed by atoms with E-state index in [4.69, 9.17) is 22.7 Å². The Morgan fingerprint density at radius 2 is 1.62 bits per heavy atom. The molecule has 1 heterocycles. The van der Waals surface area contributed by atoms with Crippen molar-refractivity contribution in [3.8, 4) is 0 Å². The Bertz CT molecular complexity index is 761. The molecule has 1 aliphatic rings. The first-order valence-electron chi connectivity index (χ1n) is 6.44. The fourth-order valence-electron chi connectivity index (χ4n) is 2.19. The molecule has 4 heteroatoms. The van der Waals surface area contributed by atoms with Gasteiger partial charge in [0.15, 0.2) is 0 Å². The van der Waals surface area contributed by atoms with Gasteiger partial charge in [-0.05, 0) is 47.6 Å². The third-order valence-electron chi connectivity index (χ3n) is 3.19. The van der Waals surface area contributed by atoms with Crippen LogP contribution in [0.3, 0.4) is 0 Å². The minimum absolute atomic E-state index is 0.500. The number of rotatable bonds is 2. The average molecular weight is 313 g/mol. The van der Waals surface area contributed by atoms with E-state index in [1.807, 2.05) is 48.6 Å². The monoisotopic (exact) mass is 312 g/mol. The summed E-state index contributed by atoms with van der Waals surface area (Å²) in [6, 6.07) is 11.7. The van der Waals surface area contributed by atoms with E-state index in [-0.39, 0.29) is 0 Å². The van der Waals surface area contributed by atoms with Crippen molar-refractivity contribution >= 4 is 39.9 Å². The van der Waals surface area contributed by atoms with Crippen molar-refractivity contribution in [3.63, 3.8) is 0 Å². The maximum absolute atomic E-state index is 7.63. The number of halogens is 1. The summed E-state index contributed by atoms with van der Waals surface area (Å²) in [6.45, 7) is 0. The van der Waals surface area contributed by atoms with Gasteiger partial charge in [-0.1, -0.05) is 35.9 Å². The Kier molecular flexibility index (Phi) is 3.78. The zero-order chi connectivity index (χ0) is 14.8. The Morgan fingerprint density at radius 3 is 2.19 bits per heavy atom. The topological polar surface area (TPSA) is 49.9 Å². The number of thiophene rings is 1. The maximum atomic E-state index is 7.63. The van der Waals surface area contributed by atoms with Gasteiger partial charge < -0.3 is 11.1 Å². The molecule has 0 amide bonds. The summed E-state index contributed by atoms with van der Waals surface area (Å²) in [6.07, 6.45) is 7.51. The smallest absolute Gasteiger partial charge is 0.0934 e. The molecule has 0 radical (unpaired) electrons. The van der Waals surface area contributed by atoms with E-state index >= 15 is 0 Å². The van der Waals surface area contributed by atoms with Crippen molar-refractivity contribution < 1.29 is 0 Å². The lowest BCUT2D eigenvalue weighted by Gasteiger charge is -2.12. The van der Waals surface area contributed by atoms with Gasteiger partial charge in [-0.15, -0.1) is 11.3 Å². The highest BCUT2D eigenvalue weighted by Crippen LogP contribution is 2.35. The molecule has 0 atom stereocenters. The van der Waals surface area contributed by atoms with Crippen LogP contribution in [0.2, 0.25) is 4.34 Å². The number of nitrogens with one attached hydrogen (secondary N) is 1. The highest BCUT2D eigenvalue weighted by Gasteiger charge is 2.12. The van der Waals surface area contributed by atoms with Gasteiger partial charge in [0, 0.05) is 16.1 Å². The van der Waals surface area contributed by atoms with Crippen LogP contribution >= 0.6 is 22.9 Å². The molecule has 0 bridgehead atoms. The summed E-state index contributed by atoms with van der Waals surface area (Å²) in [5, 5.41) is 7.63. The Balaban J connectivity index is 2.18.